The van der Waals surface area contributed by atoms with Gasteiger partial charge in [0, 0.05) is 36.5 Å². The van der Waals surface area contributed by atoms with Crippen molar-refractivity contribution in [1.82, 2.24) is 9.62 Å². The van der Waals surface area contributed by atoms with E-state index in [4.69, 9.17) is 9.47 Å². The molecule has 3 rings (SSSR count). The third kappa shape index (κ3) is 6.80. The van der Waals surface area contributed by atoms with Gasteiger partial charge < -0.3 is 14.8 Å². The molecule has 1 aliphatic heterocycles. The lowest BCUT2D eigenvalue weighted by Gasteiger charge is -2.26. The summed E-state index contributed by atoms with van der Waals surface area (Å²) < 4.78 is 37.3. The Morgan fingerprint density at radius 3 is 2.45 bits per heavy atom. The molecule has 0 aliphatic carbocycles. The van der Waals surface area contributed by atoms with Crippen molar-refractivity contribution in [3.8, 4) is 5.75 Å². The summed E-state index contributed by atoms with van der Waals surface area (Å²) in [5.74, 6) is 1.31. The highest BCUT2D eigenvalue weighted by Gasteiger charge is 2.26. The van der Waals surface area contributed by atoms with Crippen LogP contribution in [0.2, 0.25) is 0 Å². The molecular weight excluding hydrogens is 464 g/mol. The van der Waals surface area contributed by atoms with Crippen molar-refractivity contribution in [2.45, 2.75) is 24.1 Å². The van der Waals surface area contributed by atoms with Crippen LogP contribution in [0.5, 0.6) is 5.75 Å². The van der Waals surface area contributed by atoms with E-state index in [9.17, 15) is 18.0 Å². The summed E-state index contributed by atoms with van der Waals surface area (Å²) in [7, 11) is -1.96. The van der Waals surface area contributed by atoms with Crippen LogP contribution in [-0.4, -0.2) is 63.6 Å². The van der Waals surface area contributed by atoms with Crippen molar-refractivity contribution in [3.63, 3.8) is 0 Å². The van der Waals surface area contributed by atoms with E-state index in [1.807, 2.05) is 0 Å². The number of sulfonamides is 1. The van der Waals surface area contributed by atoms with Gasteiger partial charge in [-0.1, -0.05) is 12.1 Å². The summed E-state index contributed by atoms with van der Waals surface area (Å²) >= 11 is 1.42. The summed E-state index contributed by atoms with van der Waals surface area (Å²) in [4.78, 5) is 24.1. The summed E-state index contributed by atoms with van der Waals surface area (Å²) in [6.07, 6.45) is 0. The van der Waals surface area contributed by atoms with E-state index >= 15 is 0 Å². The van der Waals surface area contributed by atoms with E-state index in [-0.39, 0.29) is 22.3 Å². The van der Waals surface area contributed by atoms with E-state index in [0.29, 0.717) is 49.9 Å². The first-order chi connectivity index (χ1) is 15.8. The van der Waals surface area contributed by atoms with Crippen molar-refractivity contribution in [3.05, 3.63) is 59.2 Å². The van der Waals surface area contributed by atoms with Crippen LogP contribution in [0.1, 0.15) is 28.4 Å². The quantitative estimate of drug-likeness (QED) is 0.509. The van der Waals surface area contributed by atoms with Gasteiger partial charge >= 0.3 is 0 Å². The first-order valence-electron chi connectivity index (χ1n) is 10.5. The van der Waals surface area contributed by atoms with Crippen LogP contribution >= 0.6 is 11.8 Å². The molecule has 0 unspecified atom stereocenters. The predicted octanol–water partition coefficient (Wildman–Crippen LogP) is 2.47. The molecule has 33 heavy (non-hydrogen) atoms. The van der Waals surface area contributed by atoms with Gasteiger partial charge in [0.1, 0.15) is 5.75 Å². The second kappa shape index (κ2) is 11.6. The molecule has 0 atom stereocenters. The van der Waals surface area contributed by atoms with Gasteiger partial charge in [-0.3, -0.25) is 9.59 Å². The zero-order valence-corrected chi connectivity index (χ0v) is 20.3. The van der Waals surface area contributed by atoms with Crippen LogP contribution in [0.4, 0.5) is 0 Å². The number of morpholine rings is 1. The maximum atomic E-state index is 12.7. The molecule has 2 aromatic rings. The molecule has 2 aromatic carbocycles. The lowest BCUT2D eigenvalue weighted by Crippen LogP contribution is -2.40. The number of benzene rings is 2. The lowest BCUT2D eigenvalue weighted by molar-refractivity contribution is -0.118. The van der Waals surface area contributed by atoms with E-state index < -0.39 is 10.0 Å². The van der Waals surface area contributed by atoms with Gasteiger partial charge in [-0.05, 0) is 42.8 Å². The number of amides is 1. The Morgan fingerprint density at radius 2 is 1.82 bits per heavy atom. The van der Waals surface area contributed by atoms with Gasteiger partial charge in [-0.2, -0.15) is 4.31 Å². The molecule has 0 spiro atoms. The number of carbonyl (C=O) groups is 2. The van der Waals surface area contributed by atoms with Crippen molar-refractivity contribution < 1.29 is 27.5 Å². The Morgan fingerprint density at radius 1 is 1.12 bits per heavy atom. The summed E-state index contributed by atoms with van der Waals surface area (Å²) in [6, 6.07) is 11.8. The van der Waals surface area contributed by atoms with Gasteiger partial charge in [0.15, 0.2) is 5.78 Å². The van der Waals surface area contributed by atoms with E-state index in [1.165, 1.54) is 23.0 Å². The molecule has 0 bridgehead atoms. The van der Waals surface area contributed by atoms with E-state index in [1.54, 1.807) is 49.6 Å². The number of nitrogens with one attached hydrogen (secondary N) is 1. The molecule has 1 saturated heterocycles. The van der Waals surface area contributed by atoms with Crippen molar-refractivity contribution in [2.24, 2.45) is 0 Å². The number of carbonyl (C=O) groups excluding carboxylic acids is 2. The second-order valence-electron chi connectivity index (χ2n) is 7.51. The van der Waals surface area contributed by atoms with Crippen molar-refractivity contribution >= 4 is 33.5 Å². The number of nitrogens with zero attached hydrogens (tertiary/aromatic N) is 1. The number of rotatable bonds is 10. The first-order valence-corrected chi connectivity index (χ1v) is 13.1. The topological polar surface area (TPSA) is 102 Å². The number of hydrogen-bond donors (Lipinski definition) is 1. The molecule has 1 fully saturated rings. The monoisotopic (exact) mass is 492 g/mol. The Balaban J connectivity index is 1.48. The average molecular weight is 493 g/mol. The lowest BCUT2D eigenvalue weighted by atomic mass is 10.1. The van der Waals surface area contributed by atoms with E-state index in [0.717, 1.165) is 11.1 Å². The molecule has 178 valence electrons. The summed E-state index contributed by atoms with van der Waals surface area (Å²) in [6.45, 7) is 3.31. The van der Waals surface area contributed by atoms with Crippen LogP contribution in [0.3, 0.4) is 0 Å². The number of ketones is 1. The SMILES string of the molecule is COc1ccc(C(C)=O)cc1CSCC(=O)NCc1ccc(S(=O)(=O)N2CCOCC2)cc1. The molecule has 1 amide bonds. The molecule has 0 radical (unpaired) electrons. The van der Waals surface area contributed by atoms with Gasteiger partial charge in [0.2, 0.25) is 15.9 Å². The fourth-order valence-electron chi connectivity index (χ4n) is 3.33. The highest BCUT2D eigenvalue weighted by molar-refractivity contribution is 7.99. The van der Waals surface area contributed by atoms with Gasteiger partial charge in [-0.15, -0.1) is 11.8 Å². The van der Waals surface area contributed by atoms with Crippen molar-refractivity contribution in [1.29, 1.82) is 0 Å². The number of ether oxygens (including phenoxy) is 2. The Hall–Kier alpha value is -2.40. The second-order valence-corrected chi connectivity index (χ2v) is 10.4. The Labute approximate surface area is 198 Å². The van der Waals surface area contributed by atoms with Crippen LogP contribution < -0.4 is 10.1 Å². The Kier molecular flexibility index (Phi) is 8.90. The maximum Gasteiger partial charge on any atom is 0.243 e. The zero-order valence-electron chi connectivity index (χ0n) is 18.7. The average Bonchev–Trinajstić information content (AvgIpc) is 2.83. The molecule has 1 aliphatic rings. The molecule has 1 N–H and O–H groups in total. The molecule has 10 heteroatoms. The minimum absolute atomic E-state index is 0.0228. The largest absolute Gasteiger partial charge is 0.496 e. The minimum atomic E-state index is -3.53. The molecule has 0 aromatic heterocycles. The first kappa shape index (κ1) is 25.2. The van der Waals surface area contributed by atoms with Crippen LogP contribution in [0.15, 0.2) is 47.4 Å². The Bertz CT molecular complexity index is 1080. The van der Waals surface area contributed by atoms with Crippen LogP contribution in [0.25, 0.3) is 0 Å². The van der Waals surface area contributed by atoms with Gasteiger partial charge in [-0.25, -0.2) is 8.42 Å². The molecule has 0 saturated carbocycles. The smallest absolute Gasteiger partial charge is 0.243 e. The third-order valence-electron chi connectivity index (χ3n) is 5.20. The predicted molar refractivity (Wildman–Crippen MR) is 127 cm³/mol. The zero-order chi connectivity index (χ0) is 23.8. The highest BCUT2D eigenvalue weighted by Crippen LogP contribution is 2.25. The van der Waals surface area contributed by atoms with Gasteiger partial charge in [0.05, 0.1) is 31.0 Å². The maximum absolute atomic E-state index is 12.7. The van der Waals surface area contributed by atoms with Crippen LogP contribution in [-0.2, 0) is 31.9 Å². The third-order valence-corrected chi connectivity index (χ3v) is 8.09. The number of hydrogen-bond acceptors (Lipinski definition) is 7. The number of thioether (sulfide) groups is 1. The van der Waals surface area contributed by atoms with Gasteiger partial charge in [0.25, 0.3) is 0 Å². The molecule has 8 nitrogen and oxygen atoms in total. The molecular formula is C23H28N2O6S2. The minimum Gasteiger partial charge on any atom is -0.496 e. The fraction of sp³-hybridized carbons (Fsp3) is 0.391. The highest BCUT2D eigenvalue weighted by atomic mass is 32.2. The van der Waals surface area contributed by atoms with Crippen LogP contribution in [0, 0.1) is 0 Å². The number of Topliss-reactive ketones (excluding diaryl/α,β-unsaturated/α-hetero) is 1. The normalized spacial score (nSPS) is 14.6. The fourth-order valence-corrected chi connectivity index (χ4v) is 5.57. The van der Waals surface area contributed by atoms with Crippen molar-refractivity contribution in [2.75, 3.05) is 39.2 Å². The summed E-state index contributed by atoms with van der Waals surface area (Å²) in [5.41, 5.74) is 2.28. The molecule has 1 heterocycles. The standard InChI is InChI=1S/C23H28N2O6S2/c1-17(26)19-5-8-22(30-2)20(13-19)15-32-16-23(27)24-14-18-3-6-21(7-4-18)33(28,29)25-9-11-31-12-10-25/h3-8,13H,9-12,14-16H2,1-2H3,(H,24,27). The number of methoxy groups -OCH3 is 1. The summed E-state index contributed by atoms with van der Waals surface area (Å²) in [5, 5.41) is 2.84. The van der Waals surface area contributed by atoms with E-state index in [2.05, 4.69) is 5.32 Å².